The molecule has 0 heterocycles. The normalized spacial score (nSPS) is 11.5. The largest absolute Gasteiger partial charge is 0.464 e. The Kier molecular flexibility index (Phi) is 7.17. The summed E-state index contributed by atoms with van der Waals surface area (Å²) in [5, 5.41) is 2.44. The molecule has 20 heavy (non-hydrogen) atoms. The van der Waals surface area contributed by atoms with Gasteiger partial charge >= 0.3 is 12.1 Å². The third kappa shape index (κ3) is 6.22. The highest BCUT2D eigenvalue weighted by atomic mass is 16.6. The Balaban J connectivity index is 2.25. The zero-order chi connectivity index (χ0) is 14.8. The van der Waals surface area contributed by atoms with Crippen LogP contribution >= 0.6 is 0 Å². The van der Waals surface area contributed by atoms with Gasteiger partial charge in [0, 0.05) is 0 Å². The Morgan fingerprint density at radius 3 is 2.55 bits per heavy atom. The van der Waals surface area contributed by atoms with E-state index < -0.39 is 18.1 Å². The highest BCUT2D eigenvalue weighted by Crippen LogP contribution is 2.01. The molecule has 0 aromatic heterocycles. The maximum atomic E-state index is 11.5. The molecule has 110 valence electrons. The number of amides is 1. The molecule has 1 aromatic carbocycles. The molecule has 1 amide bonds. The van der Waals surface area contributed by atoms with Crippen LogP contribution < -0.4 is 5.32 Å². The van der Waals surface area contributed by atoms with Crippen LogP contribution in [0.3, 0.4) is 0 Å². The van der Waals surface area contributed by atoms with Crippen molar-refractivity contribution in [3.05, 3.63) is 35.9 Å². The summed E-state index contributed by atoms with van der Waals surface area (Å²) in [4.78, 5) is 23.1. The highest BCUT2D eigenvalue weighted by Gasteiger charge is 2.17. The second-order valence-electron chi connectivity index (χ2n) is 4.45. The number of rotatable bonds is 7. The molecule has 0 aliphatic carbocycles. The first-order valence-electron chi connectivity index (χ1n) is 6.77. The molecular formula is C15H21NO4. The van der Waals surface area contributed by atoms with E-state index in [2.05, 4.69) is 5.32 Å². The van der Waals surface area contributed by atoms with Gasteiger partial charge in [-0.2, -0.15) is 0 Å². The summed E-state index contributed by atoms with van der Waals surface area (Å²) in [6.45, 7) is 4.12. The number of carbonyl (C=O) groups excluding carboxylic acids is 2. The van der Waals surface area contributed by atoms with Gasteiger partial charge in [0.05, 0.1) is 6.61 Å². The minimum Gasteiger partial charge on any atom is -0.464 e. The Hall–Kier alpha value is -2.04. The maximum Gasteiger partial charge on any atom is 0.408 e. The second-order valence-corrected chi connectivity index (χ2v) is 4.45. The van der Waals surface area contributed by atoms with E-state index >= 15 is 0 Å². The number of hydrogen-bond acceptors (Lipinski definition) is 4. The zero-order valence-electron chi connectivity index (χ0n) is 11.9. The van der Waals surface area contributed by atoms with Crippen LogP contribution in [0.2, 0.25) is 0 Å². The molecule has 0 aliphatic heterocycles. The molecule has 0 radical (unpaired) electrons. The summed E-state index contributed by atoms with van der Waals surface area (Å²) < 4.78 is 10.0. The van der Waals surface area contributed by atoms with E-state index in [1.165, 1.54) is 0 Å². The number of hydrogen-bond donors (Lipinski definition) is 1. The molecule has 1 aromatic rings. The average molecular weight is 279 g/mol. The first-order valence-corrected chi connectivity index (χ1v) is 6.77. The summed E-state index contributed by atoms with van der Waals surface area (Å²) in [7, 11) is 0. The predicted octanol–water partition coefficient (Wildman–Crippen LogP) is 2.64. The van der Waals surface area contributed by atoms with Crippen molar-refractivity contribution in [1.82, 2.24) is 5.32 Å². The van der Waals surface area contributed by atoms with Gasteiger partial charge in [-0.05, 0) is 18.9 Å². The lowest BCUT2D eigenvalue weighted by atomic mass is 10.2. The van der Waals surface area contributed by atoms with Gasteiger partial charge in [0.2, 0.25) is 0 Å². The van der Waals surface area contributed by atoms with Crippen LogP contribution in [-0.4, -0.2) is 24.7 Å². The number of carbonyl (C=O) groups is 2. The van der Waals surface area contributed by atoms with Crippen LogP contribution in [-0.2, 0) is 20.9 Å². The average Bonchev–Trinajstić information content (AvgIpc) is 2.46. The third-order valence-corrected chi connectivity index (χ3v) is 2.64. The van der Waals surface area contributed by atoms with Gasteiger partial charge in [-0.1, -0.05) is 43.7 Å². The molecule has 0 unspecified atom stereocenters. The predicted molar refractivity (Wildman–Crippen MR) is 75.1 cm³/mol. The smallest absolute Gasteiger partial charge is 0.408 e. The molecule has 1 atom stereocenters. The highest BCUT2D eigenvalue weighted by molar-refractivity contribution is 5.80. The number of alkyl carbamates (subject to hydrolysis) is 1. The first-order chi connectivity index (χ1) is 9.63. The molecule has 5 heteroatoms. The van der Waals surface area contributed by atoms with E-state index in [4.69, 9.17) is 9.47 Å². The number of unbranched alkanes of at least 4 members (excludes halogenated alkanes) is 1. The Bertz CT molecular complexity index is 419. The summed E-state index contributed by atoms with van der Waals surface area (Å²) in [6.07, 6.45) is 1.14. The van der Waals surface area contributed by atoms with Crippen LogP contribution in [0.4, 0.5) is 4.79 Å². The van der Waals surface area contributed by atoms with Crippen molar-refractivity contribution in [2.75, 3.05) is 6.61 Å². The lowest BCUT2D eigenvalue weighted by Crippen LogP contribution is -2.39. The van der Waals surface area contributed by atoms with E-state index in [0.29, 0.717) is 6.61 Å². The molecule has 0 bridgehead atoms. The van der Waals surface area contributed by atoms with Gasteiger partial charge < -0.3 is 14.8 Å². The fourth-order valence-corrected chi connectivity index (χ4v) is 1.44. The maximum absolute atomic E-state index is 11.5. The molecule has 0 aliphatic rings. The van der Waals surface area contributed by atoms with E-state index in [9.17, 15) is 9.59 Å². The van der Waals surface area contributed by atoms with Crippen LogP contribution in [0.25, 0.3) is 0 Å². The van der Waals surface area contributed by atoms with Crippen molar-refractivity contribution in [3.8, 4) is 0 Å². The number of benzene rings is 1. The Morgan fingerprint density at radius 1 is 1.20 bits per heavy atom. The van der Waals surface area contributed by atoms with E-state index in [0.717, 1.165) is 18.4 Å². The molecular weight excluding hydrogens is 258 g/mol. The Labute approximate surface area is 119 Å². The van der Waals surface area contributed by atoms with Crippen molar-refractivity contribution in [3.63, 3.8) is 0 Å². The van der Waals surface area contributed by atoms with Crippen molar-refractivity contribution >= 4 is 12.1 Å². The molecule has 0 fully saturated rings. The van der Waals surface area contributed by atoms with Gasteiger partial charge in [-0.25, -0.2) is 9.59 Å². The molecule has 0 saturated carbocycles. The van der Waals surface area contributed by atoms with Crippen molar-refractivity contribution in [2.24, 2.45) is 0 Å². The topological polar surface area (TPSA) is 64.6 Å². The van der Waals surface area contributed by atoms with Gasteiger partial charge in [0.25, 0.3) is 0 Å². The second kappa shape index (κ2) is 8.96. The monoisotopic (exact) mass is 279 g/mol. The fraction of sp³-hybridized carbons (Fsp3) is 0.467. The quantitative estimate of drug-likeness (QED) is 0.615. The molecule has 0 spiro atoms. The fourth-order valence-electron chi connectivity index (χ4n) is 1.44. The molecule has 0 saturated heterocycles. The Morgan fingerprint density at radius 2 is 1.90 bits per heavy atom. The number of nitrogens with one attached hydrogen (secondary N) is 1. The van der Waals surface area contributed by atoms with Crippen molar-refractivity contribution in [1.29, 1.82) is 0 Å². The standard InChI is InChI=1S/C15H21NO4/c1-3-4-10-19-14(17)12(2)16-15(18)20-11-13-8-6-5-7-9-13/h5-9,12H,3-4,10-11H2,1-2H3,(H,16,18)/t12-/m0/s1. The van der Waals surface area contributed by atoms with Crippen LogP contribution in [0, 0.1) is 0 Å². The number of esters is 1. The lowest BCUT2D eigenvalue weighted by molar-refractivity contribution is -0.145. The first kappa shape index (κ1) is 16.0. The summed E-state index contributed by atoms with van der Waals surface area (Å²) in [5.41, 5.74) is 0.890. The van der Waals surface area contributed by atoms with Crippen LogP contribution in [0.5, 0.6) is 0 Å². The minimum atomic E-state index is -0.713. The van der Waals surface area contributed by atoms with Crippen LogP contribution in [0.15, 0.2) is 30.3 Å². The van der Waals surface area contributed by atoms with E-state index in [1.54, 1.807) is 6.92 Å². The molecule has 1 rings (SSSR count). The summed E-state index contributed by atoms with van der Waals surface area (Å²) in [5.74, 6) is -0.449. The van der Waals surface area contributed by atoms with E-state index in [-0.39, 0.29) is 6.61 Å². The van der Waals surface area contributed by atoms with Gasteiger partial charge in [0.1, 0.15) is 12.6 Å². The summed E-state index contributed by atoms with van der Waals surface area (Å²) >= 11 is 0. The minimum absolute atomic E-state index is 0.171. The lowest BCUT2D eigenvalue weighted by Gasteiger charge is -2.13. The van der Waals surface area contributed by atoms with Gasteiger partial charge in [0.15, 0.2) is 0 Å². The van der Waals surface area contributed by atoms with Gasteiger partial charge in [-0.15, -0.1) is 0 Å². The van der Waals surface area contributed by atoms with Crippen molar-refractivity contribution in [2.45, 2.75) is 39.3 Å². The molecule has 5 nitrogen and oxygen atoms in total. The zero-order valence-corrected chi connectivity index (χ0v) is 11.9. The van der Waals surface area contributed by atoms with Gasteiger partial charge in [-0.3, -0.25) is 0 Å². The van der Waals surface area contributed by atoms with E-state index in [1.807, 2.05) is 37.3 Å². The molecule has 1 N–H and O–H groups in total. The SMILES string of the molecule is CCCCOC(=O)[C@H](C)NC(=O)OCc1ccccc1. The van der Waals surface area contributed by atoms with Crippen molar-refractivity contribution < 1.29 is 19.1 Å². The number of ether oxygens (including phenoxy) is 2. The summed E-state index contributed by atoms with van der Waals surface area (Å²) in [6, 6.07) is 8.62. The van der Waals surface area contributed by atoms with Crippen LogP contribution in [0.1, 0.15) is 32.3 Å². The third-order valence-electron chi connectivity index (χ3n) is 2.64.